The molecule has 3 heterocycles. The Labute approximate surface area is 164 Å². The summed E-state index contributed by atoms with van der Waals surface area (Å²) >= 11 is 0. The minimum absolute atomic E-state index is 0.0357. The molecule has 4 aliphatic rings. The van der Waals surface area contributed by atoms with E-state index in [2.05, 4.69) is 0 Å². The number of carbonyl (C=O) groups excluding carboxylic acids is 3. The predicted octanol–water partition coefficient (Wildman–Crippen LogP) is 0.00900. The highest BCUT2D eigenvalue weighted by Gasteiger charge is 2.64. The molecule has 1 aromatic rings. The average Bonchev–Trinajstić information content (AvgIpc) is 3.02. The number of hydrogen-bond donors (Lipinski definition) is 3. The maximum absolute atomic E-state index is 13.5. The van der Waals surface area contributed by atoms with Crippen molar-refractivity contribution in [2.75, 3.05) is 0 Å². The van der Waals surface area contributed by atoms with Crippen LogP contribution in [0.3, 0.4) is 0 Å². The van der Waals surface area contributed by atoms with Gasteiger partial charge in [-0.2, -0.15) is 0 Å². The Morgan fingerprint density at radius 1 is 1.10 bits per heavy atom. The fraction of sp³-hybridized carbons (Fsp3) is 0.450. The van der Waals surface area contributed by atoms with Gasteiger partial charge in [-0.15, -0.1) is 0 Å². The molecular weight excluding hydrogens is 384 g/mol. The topological polar surface area (TPSA) is 140 Å². The van der Waals surface area contributed by atoms with Crippen LogP contribution >= 0.6 is 0 Å². The van der Waals surface area contributed by atoms with Crippen LogP contribution in [0.1, 0.15) is 40.5 Å². The number of ketones is 2. The normalized spacial score (nSPS) is 38.6. The van der Waals surface area contributed by atoms with Crippen LogP contribution in [0.2, 0.25) is 0 Å². The van der Waals surface area contributed by atoms with E-state index < -0.39 is 59.6 Å². The first-order chi connectivity index (χ1) is 13.7. The number of ether oxygens (including phenoxy) is 3. The Bertz CT molecular complexity index is 996. The van der Waals surface area contributed by atoms with Crippen LogP contribution in [0.5, 0.6) is 5.75 Å². The Morgan fingerprint density at radius 3 is 2.62 bits per heavy atom. The molecule has 6 atom stereocenters. The number of Topliss-reactive ketones (excluding diaryl/α,β-unsaturated/α-hetero) is 2. The molecule has 5 rings (SSSR count). The van der Waals surface area contributed by atoms with E-state index >= 15 is 0 Å². The molecule has 9 heteroatoms. The highest BCUT2D eigenvalue weighted by molar-refractivity contribution is 6.29. The molecule has 0 aromatic heterocycles. The van der Waals surface area contributed by atoms with Gasteiger partial charge in [-0.3, -0.25) is 14.4 Å². The maximum atomic E-state index is 13.5. The van der Waals surface area contributed by atoms with Gasteiger partial charge in [0, 0.05) is 12.0 Å². The summed E-state index contributed by atoms with van der Waals surface area (Å²) in [5.41, 5.74) is -0.766. The molecule has 9 nitrogen and oxygen atoms in total. The summed E-state index contributed by atoms with van der Waals surface area (Å²) in [6.07, 6.45) is -5.82. The van der Waals surface area contributed by atoms with Crippen molar-refractivity contribution in [1.29, 1.82) is 0 Å². The molecule has 152 valence electrons. The van der Waals surface area contributed by atoms with Crippen molar-refractivity contribution in [3.05, 3.63) is 40.5 Å². The number of carbonyl (C=O) groups is 3. The molecule has 0 bridgehead atoms. The second-order valence-corrected chi connectivity index (χ2v) is 7.76. The van der Waals surface area contributed by atoms with Gasteiger partial charge in [-0.1, -0.05) is 12.1 Å². The second-order valence-electron chi connectivity index (χ2n) is 7.76. The Morgan fingerprint density at radius 2 is 1.86 bits per heavy atom. The van der Waals surface area contributed by atoms with Crippen molar-refractivity contribution in [2.45, 2.75) is 56.1 Å². The van der Waals surface area contributed by atoms with Crippen molar-refractivity contribution in [1.82, 2.24) is 0 Å². The molecule has 29 heavy (non-hydrogen) atoms. The van der Waals surface area contributed by atoms with Crippen molar-refractivity contribution in [3.63, 3.8) is 0 Å². The van der Waals surface area contributed by atoms with E-state index in [1.807, 2.05) is 0 Å². The van der Waals surface area contributed by atoms with Crippen LogP contribution in [0, 0.1) is 0 Å². The number of phenolic OH excluding ortho intramolecular Hbond substituents is 1. The van der Waals surface area contributed by atoms with Crippen LogP contribution in [-0.4, -0.2) is 69.2 Å². The average molecular weight is 402 g/mol. The zero-order valence-electron chi connectivity index (χ0n) is 15.3. The Kier molecular flexibility index (Phi) is 3.79. The lowest BCUT2D eigenvalue weighted by atomic mass is 9.73. The van der Waals surface area contributed by atoms with Gasteiger partial charge in [0.2, 0.25) is 5.79 Å². The minimum atomic E-state index is -2.16. The molecule has 3 aliphatic heterocycles. The van der Waals surface area contributed by atoms with E-state index in [-0.39, 0.29) is 35.1 Å². The molecule has 0 radical (unpaired) electrons. The highest BCUT2D eigenvalue weighted by atomic mass is 16.7. The van der Waals surface area contributed by atoms with Crippen molar-refractivity contribution in [2.24, 2.45) is 0 Å². The van der Waals surface area contributed by atoms with Crippen LogP contribution < -0.4 is 0 Å². The molecule has 2 saturated heterocycles. The number of fused-ring (bicyclic) bond motifs is 4. The van der Waals surface area contributed by atoms with Crippen molar-refractivity contribution >= 4 is 17.5 Å². The highest BCUT2D eigenvalue weighted by Crippen LogP contribution is 2.50. The molecule has 0 saturated carbocycles. The van der Waals surface area contributed by atoms with E-state index in [9.17, 15) is 29.7 Å². The summed E-state index contributed by atoms with van der Waals surface area (Å²) in [7, 11) is 0. The lowest BCUT2D eigenvalue weighted by molar-refractivity contribution is -0.336. The Hall–Kier alpha value is -2.59. The van der Waals surface area contributed by atoms with Gasteiger partial charge < -0.3 is 29.5 Å². The number of esters is 1. The summed E-state index contributed by atoms with van der Waals surface area (Å²) in [4.78, 5) is 38.7. The van der Waals surface area contributed by atoms with E-state index in [1.165, 1.54) is 18.2 Å². The SMILES string of the molecule is C[C@@H]1C[C@@H](O)[C@@H](O)[C@]2(O1)O[C@@H]1CC(=O)O[C@@H]1C1=C2C(=O)c2c(O)cccc2C1=O. The van der Waals surface area contributed by atoms with Crippen LogP contribution in [0.4, 0.5) is 0 Å². The largest absolute Gasteiger partial charge is 0.507 e. The molecule has 1 aliphatic carbocycles. The molecule has 1 aromatic carbocycles. The number of rotatable bonds is 0. The molecule has 0 unspecified atom stereocenters. The predicted molar refractivity (Wildman–Crippen MR) is 93.1 cm³/mol. The monoisotopic (exact) mass is 402 g/mol. The molecule has 1 spiro atoms. The number of aliphatic hydroxyl groups is 2. The molecule has 2 fully saturated rings. The van der Waals surface area contributed by atoms with E-state index in [0.29, 0.717) is 0 Å². The van der Waals surface area contributed by atoms with E-state index in [0.717, 1.165) is 0 Å². The fourth-order valence-corrected chi connectivity index (χ4v) is 4.70. The van der Waals surface area contributed by atoms with E-state index in [4.69, 9.17) is 14.2 Å². The third-order valence-corrected chi connectivity index (χ3v) is 5.88. The molecule has 0 amide bonds. The van der Waals surface area contributed by atoms with Gasteiger partial charge in [0.05, 0.1) is 35.3 Å². The smallest absolute Gasteiger partial charge is 0.309 e. The molecular formula is C20H18O9. The van der Waals surface area contributed by atoms with Crippen molar-refractivity contribution in [3.8, 4) is 5.75 Å². The van der Waals surface area contributed by atoms with Gasteiger partial charge in [0.25, 0.3) is 0 Å². The zero-order chi connectivity index (χ0) is 20.7. The van der Waals surface area contributed by atoms with Gasteiger partial charge in [0.15, 0.2) is 17.7 Å². The standard InChI is InChI=1S/C20H18O9/c1-7-5-10(22)19(26)20(28-7)15-14(18-11(29-20)6-12(23)27-18)16(24)8-3-2-4-9(21)13(8)17(15)25/h2-4,7,10-11,18-19,21-22,26H,5-6H2,1H3/t7-,10-,11-,18+,19-,20-/m1/s1. The summed E-state index contributed by atoms with van der Waals surface area (Å²) < 4.78 is 17.1. The van der Waals surface area contributed by atoms with Crippen molar-refractivity contribution < 1.29 is 43.9 Å². The number of aromatic hydroxyl groups is 1. The van der Waals surface area contributed by atoms with E-state index in [1.54, 1.807) is 6.92 Å². The second kappa shape index (κ2) is 5.96. The lowest BCUT2D eigenvalue weighted by Gasteiger charge is -2.51. The number of phenols is 1. The minimum Gasteiger partial charge on any atom is -0.507 e. The lowest BCUT2D eigenvalue weighted by Crippen LogP contribution is -2.66. The van der Waals surface area contributed by atoms with Gasteiger partial charge in [-0.25, -0.2) is 0 Å². The first kappa shape index (κ1) is 18.4. The first-order valence-corrected chi connectivity index (χ1v) is 9.32. The summed E-state index contributed by atoms with van der Waals surface area (Å²) in [5, 5.41) is 31.5. The number of aliphatic hydroxyl groups excluding tert-OH is 2. The van der Waals surface area contributed by atoms with Crippen LogP contribution in [-0.2, 0) is 19.0 Å². The summed E-state index contributed by atoms with van der Waals surface area (Å²) in [6, 6.07) is 4.08. The maximum Gasteiger partial charge on any atom is 0.309 e. The summed E-state index contributed by atoms with van der Waals surface area (Å²) in [5.74, 6) is -4.60. The van der Waals surface area contributed by atoms with Gasteiger partial charge in [0.1, 0.15) is 18.0 Å². The van der Waals surface area contributed by atoms with Gasteiger partial charge >= 0.3 is 5.97 Å². The van der Waals surface area contributed by atoms with Crippen LogP contribution in [0.15, 0.2) is 29.3 Å². The number of benzene rings is 1. The Balaban J connectivity index is 1.80. The molecule has 3 N–H and O–H groups in total. The fourth-order valence-electron chi connectivity index (χ4n) is 4.70. The third kappa shape index (κ3) is 2.32. The third-order valence-electron chi connectivity index (χ3n) is 5.88. The van der Waals surface area contributed by atoms with Crippen LogP contribution in [0.25, 0.3) is 0 Å². The first-order valence-electron chi connectivity index (χ1n) is 9.32. The summed E-state index contributed by atoms with van der Waals surface area (Å²) in [6.45, 7) is 1.63. The number of hydrogen-bond acceptors (Lipinski definition) is 9. The zero-order valence-corrected chi connectivity index (χ0v) is 15.3. The quantitative estimate of drug-likeness (QED) is 0.512. The van der Waals surface area contributed by atoms with Gasteiger partial charge in [-0.05, 0) is 13.0 Å².